The normalized spacial score (nSPS) is 23.6. The number of benzene rings is 1. The van der Waals surface area contributed by atoms with Crippen molar-refractivity contribution >= 4 is 24.1 Å². The highest BCUT2D eigenvalue weighted by Gasteiger charge is 2.36. The first-order chi connectivity index (χ1) is 18.4. The second-order valence-electron chi connectivity index (χ2n) is 10.2. The molecular formula is C28H32FN7O2. The lowest BCUT2D eigenvalue weighted by Gasteiger charge is -2.46. The van der Waals surface area contributed by atoms with Gasteiger partial charge in [0.15, 0.2) is 0 Å². The van der Waals surface area contributed by atoms with Gasteiger partial charge in [-0.2, -0.15) is 10.4 Å². The predicted molar refractivity (Wildman–Crippen MR) is 143 cm³/mol. The number of morpholine rings is 1. The molecule has 0 spiro atoms. The van der Waals surface area contributed by atoms with Crippen LogP contribution in [0.15, 0.2) is 34.5 Å². The van der Waals surface area contributed by atoms with Crippen molar-refractivity contribution in [2.45, 2.75) is 51.8 Å². The number of ether oxygens (including phenoxy) is 1. The molecule has 0 radical (unpaired) electrons. The first-order valence-electron chi connectivity index (χ1n) is 13.0. The zero-order valence-electron chi connectivity index (χ0n) is 22.0. The van der Waals surface area contributed by atoms with Gasteiger partial charge in [-0.3, -0.25) is 14.7 Å². The molecule has 0 bridgehead atoms. The van der Waals surface area contributed by atoms with Gasteiger partial charge in [0.2, 0.25) is 5.91 Å². The number of halogens is 1. The highest BCUT2D eigenvalue weighted by molar-refractivity contribution is 5.83. The van der Waals surface area contributed by atoms with E-state index in [2.05, 4.69) is 26.9 Å². The molecular weight excluding hydrogens is 485 g/mol. The van der Waals surface area contributed by atoms with Crippen molar-refractivity contribution in [1.29, 1.82) is 5.26 Å². The van der Waals surface area contributed by atoms with Gasteiger partial charge in [-0.05, 0) is 50.1 Å². The maximum atomic E-state index is 14.0. The minimum Gasteiger partial charge on any atom is -0.370 e. The average molecular weight is 518 g/mol. The zero-order chi connectivity index (χ0) is 26.8. The molecule has 9 nitrogen and oxygen atoms in total. The highest BCUT2D eigenvalue weighted by Crippen LogP contribution is 2.31. The van der Waals surface area contributed by atoms with Crippen molar-refractivity contribution in [3.05, 3.63) is 58.2 Å². The summed E-state index contributed by atoms with van der Waals surface area (Å²) in [6.45, 7) is 8.91. The maximum absolute atomic E-state index is 14.0. The smallest absolute Gasteiger partial charge is 0.228 e. The van der Waals surface area contributed by atoms with E-state index in [1.54, 1.807) is 19.3 Å². The van der Waals surface area contributed by atoms with Gasteiger partial charge in [-0.1, -0.05) is 6.07 Å². The van der Waals surface area contributed by atoms with E-state index in [1.165, 1.54) is 6.07 Å². The fourth-order valence-electron chi connectivity index (χ4n) is 5.48. The van der Waals surface area contributed by atoms with Crippen LogP contribution in [0.5, 0.6) is 0 Å². The van der Waals surface area contributed by atoms with Crippen LogP contribution in [0, 0.1) is 31.0 Å². The molecule has 0 saturated carbocycles. The number of hydrogen-bond donors (Lipinski definition) is 0. The molecule has 198 valence electrons. The molecule has 0 aliphatic carbocycles. The Balaban J connectivity index is 1.20. The molecule has 3 unspecified atom stereocenters. The molecule has 4 heterocycles. The average Bonchev–Trinajstić information content (AvgIpc) is 3.12. The largest absolute Gasteiger partial charge is 0.370 e. The summed E-state index contributed by atoms with van der Waals surface area (Å²) >= 11 is 0. The fraction of sp³-hybridized carbons (Fsp3) is 0.464. The van der Waals surface area contributed by atoms with E-state index >= 15 is 0 Å². The number of piperazine rings is 1. The zero-order valence-corrected chi connectivity index (χ0v) is 22.0. The Kier molecular flexibility index (Phi) is 7.49. The number of nitrogens with zero attached hydrogens (tertiary/aromatic N) is 7. The van der Waals surface area contributed by atoms with Crippen LogP contribution >= 0.6 is 0 Å². The van der Waals surface area contributed by atoms with Crippen LogP contribution in [0.25, 0.3) is 0 Å². The molecule has 3 aliphatic heterocycles. The van der Waals surface area contributed by atoms with Crippen LogP contribution in [0.3, 0.4) is 0 Å². The van der Waals surface area contributed by atoms with E-state index in [1.807, 2.05) is 36.2 Å². The Labute approximate surface area is 222 Å². The van der Waals surface area contributed by atoms with Crippen LogP contribution in [-0.2, 0) is 16.0 Å². The number of fused-ring (bicyclic) bond motifs is 1. The number of aromatic nitrogens is 1. The Morgan fingerprint density at radius 1 is 1.18 bits per heavy atom. The number of pyridine rings is 1. The van der Waals surface area contributed by atoms with Gasteiger partial charge in [0.1, 0.15) is 18.2 Å². The van der Waals surface area contributed by atoms with Crippen molar-refractivity contribution in [2.24, 2.45) is 10.2 Å². The third-order valence-electron chi connectivity index (χ3n) is 7.73. The van der Waals surface area contributed by atoms with Crippen molar-refractivity contribution in [1.82, 2.24) is 14.8 Å². The van der Waals surface area contributed by atoms with Crippen LogP contribution in [0.1, 0.15) is 47.5 Å². The number of carbonyl (C=O) groups is 1. The third kappa shape index (κ3) is 5.17. The number of nitriles is 1. The van der Waals surface area contributed by atoms with E-state index in [0.717, 1.165) is 35.6 Å². The summed E-state index contributed by atoms with van der Waals surface area (Å²) < 4.78 is 20.1. The minimum atomic E-state index is -0.506. The predicted octanol–water partition coefficient (Wildman–Crippen LogP) is 3.15. The van der Waals surface area contributed by atoms with Gasteiger partial charge in [0.05, 0.1) is 47.8 Å². The summed E-state index contributed by atoms with van der Waals surface area (Å²) in [5, 5.41) is 17.4. The summed E-state index contributed by atoms with van der Waals surface area (Å²) in [5.74, 6) is -0.452. The van der Waals surface area contributed by atoms with Gasteiger partial charge >= 0.3 is 0 Å². The molecule has 0 N–H and O–H groups in total. The lowest BCUT2D eigenvalue weighted by Crippen LogP contribution is -2.59. The Morgan fingerprint density at radius 2 is 2.03 bits per heavy atom. The van der Waals surface area contributed by atoms with E-state index in [9.17, 15) is 14.4 Å². The summed E-state index contributed by atoms with van der Waals surface area (Å²) in [7, 11) is 0. The summed E-state index contributed by atoms with van der Waals surface area (Å²) in [4.78, 5) is 24.2. The molecule has 10 heteroatoms. The first-order valence-corrected chi connectivity index (χ1v) is 13.0. The number of hydrogen-bond acceptors (Lipinski definition) is 8. The standard InChI is InChI=1S/C28H32FN7O2/c1-18-8-9-31-32-17-36(18)26-7-4-21(33-20(26)3)12-28(37)35-11-10-34-15-27(38-16-22(34)14-35)23-5-6-25(29)24(13-30)19(23)2/h4-7,9,17-18,22,27H,8,10-12,14-16H2,1-3H3. The van der Waals surface area contributed by atoms with Crippen LogP contribution in [0.4, 0.5) is 10.1 Å². The van der Waals surface area contributed by atoms with E-state index in [-0.39, 0.29) is 36.1 Å². The summed E-state index contributed by atoms with van der Waals surface area (Å²) in [6.07, 6.45) is 4.34. The molecule has 1 amide bonds. The van der Waals surface area contributed by atoms with Gasteiger partial charge < -0.3 is 14.5 Å². The second kappa shape index (κ2) is 11.0. The lowest BCUT2D eigenvalue weighted by molar-refractivity contribution is -0.139. The van der Waals surface area contributed by atoms with Gasteiger partial charge in [0, 0.05) is 44.9 Å². The van der Waals surface area contributed by atoms with Crippen molar-refractivity contribution in [3.63, 3.8) is 0 Å². The topological polar surface area (TPSA) is 97.4 Å². The number of rotatable bonds is 4. The summed E-state index contributed by atoms with van der Waals surface area (Å²) in [5.41, 5.74) is 4.10. The van der Waals surface area contributed by atoms with Crippen LogP contribution in [0.2, 0.25) is 0 Å². The van der Waals surface area contributed by atoms with Crippen molar-refractivity contribution < 1.29 is 13.9 Å². The van der Waals surface area contributed by atoms with E-state index < -0.39 is 5.82 Å². The molecule has 5 rings (SSSR count). The Hall–Kier alpha value is -3.68. The minimum absolute atomic E-state index is 0.0533. The monoisotopic (exact) mass is 517 g/mol. The molecule has 2 aromatic rings. The molecule has 3 aliphatic rings. The van der Waals surface area contributed by atoms with Crippen LogP contribution < -0.4 is 4.90 Å². The van der Waals surface area contributed by atoms with Gasteiger partial charge in [-0.25, -0.2) is 4.39 Å². The van der Waals surface area contributed by atoms with Crippen molar-refractivity contribution in [2.75, 3.05) is 37.7 Å². The Morgan fingerprint density at radius 3 is 2.82 bits per heavy atom. The molecule has 38 heavy (non-hydrogen) atoms. The highest BCUT2D eigenvalue weighted by atomic mass is 19.1. The number of anilines is 1. The van der Waals surface area contributed by atoms with Crippen molar-refractivity contribution in [3.8, 4) is 6.07 Å². The van der Waals surface area contributed by atoms with Crippen LogP contribution in [-0.4, -0.2) is 78.1 Å². The fourth-order valence-corrected chi connectivity index (χ4v) is 5.48. The van der Waals surface area contributed by atoms with Gasteiger partial charge in [-0.15, -0.1) is 5.10 Å². The molecule has 2 fully saturated rings. The number of carbonyl (C=O) groups excluding carboxylic acids is 1. The first kappa shape index (κ1) is 25.9. The maximum Gasteiger partial charge on any atom is 0.228 e. The lowest BCUT2D eigenvalue weighted by atomic mass is 9.96. The molecule has 3 atom stereocenters. The van der Waals surface area contributed by atoms with E-state index in [4.69, 9.17) is 9.72 Å². The quantitative estimate of drug-likeness (QED) is 0.618. The number of aryl methyl sites for hydroxylation is 1. The Bertz CT molecular complexity index is 1320. The molecule has 1 aromatic carbocycles. The molecule has 2 saturated heterocycles. The SMILES string of the molecule is Cc1nc(CC(=O)N2CCN3CC(c4ccc(F)c(C#N)c4C)OCC3C2)ccc1N1C=NN=CCC1C. The molecule has 1 aromatic heterocycles. The van der Waals surface area contributed by atoms with Gasteiger partial charge in [0.25, 0.3) is 0 Å². The third-order valence-corrected chi connectivity index (χ3v) is 7.73. The number of amides is 1. The summed E-state index contributed by atoms with van der Waals surface area (Å²) in [6, 6.07) is 9.24. The second-order valence-corrected chi connectivity index (χ2v) is 10.2. The van der Waals surface area contributed by atoms with E-state index in [0.29, 0.717) is 31.8 Å².